The lowest BCUT2D eigenvalue weighted by Gasteiger charge is -2.14. The number of rotatable bonds is 6. The van der Waals surface area contributed by atoms with Gasteiger partial charge in [-0.05, 0) is 37.5 Å². The third-order valence-corrected chi connectivity index (χ3v) is 5.98. The lowest BCUT2D eigenvalue weighted by Crippen LogP contribution is -2.16. The molecule has 1 aliphatic carbocycles. The second-order valence-corrected chi connectivity index (χ2v) is 8.38. The molecule has 2 N–H and O–H groups in total. The van der Waals surface area contributed by atoms with E-state index >= 15 is 0 Å². The number of pyridine rings is 3. The Morgan fingerprint density at radius 1 is 1.25 bits per heavy atom. The number of hydrogen-bond donors (Lipinski definition) is 2. The summed E-state index contributed by atoms with van der Waals surface area (Å²) < 4.78 is 15.1. The van der Waals surface area contributed by atoms with Gasteiger partial charge in [-0.2, -0.15) is 0 Å². The SMILES string of the molecule is CCC[C@H](O)c1cc(C)c(-c2cc3cnc(NC(=O)[C@@H]4C[C@@H]4F)cc3n3ccnc23)cn1. The maximum atomic E-state index is 13.2. The third kappa shape index (κ3) is 3.60. The summed E-state index contributed by atoms with van der Waals surface area (Å²) in [4.78, 5) is 25.5. The van der Waals surface area contributed by atoms with Crippen molar-refractivity contribution in [3.8, 4) is 11.1 Å². The Kier molecular flexibility index (Phi) is 5.09. The topological polar surface area (TPSA) is 92.4 Å². The number of aliphatic hydroxyl groups is 1. The van der Waals surface area contributed by atoms with Crippen LogP contribution in [0.2, 0.25) is 0 Å². The van der Waals surface area contributed by atoms with Gasteiger partial charge in [-0.3, -0.25) is 14.2 Å². The average Bonchev–Trinajstić information content (AvgIpc) is 3.30. The van der Waals surface area contributed by atoms with Crippen LogP contribution < -0.4 is 5.32 Å². The molecule has 1 amide bonds. The van der Waals surface area contributed by atoms with Crippen molar-refractivity contribution in [3.05, 3.63) is 54.2 Å². The third-order valence-electron chi connectivity index (χ3n) is 5.98. The zero-order valence-electron chi connectivity index (χ0n) is 17.9. The first-order valence-corrected chi connectivity index (χ1v) is 10.8. The summed E-state index contributed by atoms with van der Waals surface area (Å²) >= 11 is 0. The first-order valence-electron chi connectivity index (χ1n) is 10.8. The number of halogens is 1. The van der Waals surface area contributed by atoms with Crippen molar-refractivity contribution in [1.82, 2.24) is 19.4 Å². The molecule has 0 spiro atoms. The molecule has 0 bridgehead atoms. The number of imidazole rings is 1. The lowest BCUT2D eigenvalue weighted by molar-refractivity contribution is -0.117. The molecular formula is C24H24FN5O2. The van der Waals surface area contributed by atoms with Gasteiger partial charge in [0, 0.05) is 47.4 Å². The Hall–Kier alpha value is -3.39. The van der Waals surface area contributed by atoms with E-state index < -0.39 is 18.2 Å². The first kappa shape index (κ1) is 20.5. The van der Waals surface area contributed by atoms with E-state index in [0.717, 1.165) is 39.7 Å². The number of amides is 1. The smallest absolute Gasteiger partial charge is 0.231 e. The highest BCUT2D eigenvalue weighted by atomic mass is 19.1. The van der Waals surface area contributed by atoms with E-state index in [2.05, 4.69) is 20.3 Å². The molecule has 0 aromatic carbocycles. The average molecular weight is 433 g/mol. The van der Waals surface area contributed by atoms with Crippen LogP contribution in [0.5, 0.6) is 0 Å². The fraction of sp³-hybridized carbons (Fsp3) is 0.333. The van der Waals surface area contributed by atoms with Crippen LogP contribution in [0.1, 0.15) is 43.5 Å². The molecule has 7 nitrogen and oxygen atoms in total. The highest BCUT2D eigenvalue weighted by Gasteiger charge is 2.43. The number of carbonyl (C=O) groups excluding carboxylic acids is 1. The predicted molar refractivity (Wildman–Crippen MR) is 120 cm³/mol. The fourth-order valence-electron chi connectivity index (χ4n) is 4.08. The maximum absolute atomic E-state index is 13.2. The summed E-state index contributed by atoms with van der Waals surface area (Å²) in [5, 5.41) is 13.9. The first-order chi connectivity index (χ1) is 15.5. The number of alkyl halides is 1. The molecule has 1 aliphatic rings. The minimum atomic E-state index is -1.05. The monoisotopic (exact) mass is 433 g/mol. The van der Waals surface area contributed by atoms with Gasteiger partial charge < -0.3 is 10.4 Å². The van der Waals surface area contributed by atoms with E-state index in [1.807, 2.05) is 36.6 Å². The van der Waals surface area contributed by atoms with Crippen LogP contribution in [-0.2, 0) is 4.79 Å². The van der Waals surface area contributed by atoms with Gasteiger partial charge >= 0.3 is 0 Å². The lowest BCUT2D eigenvalue weighted by atomic mass is 10.00. The molecule has 1 saturated carbocycles. The van der Waals surface area contributed by atoms with Crippen LogP contribution in [0.3, 0.4) is 0 Å². The molecule has 4 heterocycles. The normalized spacial score (nSPS) is 18.8. The molecule has 1 fully saturated rings. The maximum Gasteiger partial charge on any atom is 0.231 e. The van der Waals surface area contributed by atoms with Gasteiger partial charge in [-0.25, -0.2) is 14.4 Å². The summed E-state index contributed by atoms with van der Waals surface area (Å²) in [5.74, 6) is -0.524. The molecule has 0 aliphatic heterocycles. The molecule has 5 rings (SSSR count). The Morgan fingerprint density at radius 2 is 2.06 bits per heavy atom. The van der Waals surface area contributed by atoms with Crippen molar-refractivity contribution in [2.75, 3.05) is 5.32 Å². The largest absolute Gasteiger partial charge is 0.387 e. The quantitative estimate of drug-likeness (QED) is 0.471. The van der Waals surface area contributed by atoms with E-state index in [1.165, 1.54) is 0 Å². The van der Waals surface area contributed by atoms with E-state index in [4.69, 9.17) is 0 Å². The zero-order chi connectivity index (χ0) is 22.4. The molecule has 4 aromatic heterocycles. The molecule has 3 atom stereocenters. The number of aryl methyl sites for hydroxylation is 1. The van der Waals surface area contributed by atoms with Crippen molar-refractivity contribution in [1.29, 1.82) is 0 Å². The molecular weight excluding hydrogens is 409 g/mol. The van der Waals surface area contributed by atoms with E-state index in [1.54, 1.807) is 24.7 Å². The van der Waals surface area contributed by atoms with Crippen LogP contribution >= 0.6 is 0 Å². The standard InChI is InChI=1S/C24H24FN5O2/c1-3-4-21(31)19-7-13(2)17(12-27-19)15-8-14-11-28-22(29-24(32)16-9-18(16)25)10-20(14)30-6-5-26-23(15)30/h5-8,10-12,16,18,21,31H,3-4,9H2,1-2H3,(H,28,29,32)/t16-,18+,21+/m1/s1. The summed E-state index contributed by atoms with van der Waals surface area (Å²) in [5.41, 5.74) is 5.08. The van der Waals surface area contributed by atoms with Crippen LogP contribution in [0, 0.1) is 12.8 Å². The number of nitrogens with zero attached hydrogens (tertiary/aromatic N) is 4. The predicted octanol–water partition coefficient (Wildman–Crippen LogP) is 4.38. The second kappa shape index (κ2) is 7.94. The fourth-order valence-corrected chi connectivity index (χ4v) is 4.08. The highest BCUT2D eigenvalue weighted by Crippen LogP contribution is 2.35. The van der Waals surface area contributed by atoms with Crippen molar-refractivity contribution in [2.24, 2.45) is 5.92 Å². The Labute approximate surface area is 184 Å². The Balaban J connectivity index is 1.55. The van der Waals surface area contributed by atoms with Gasteiger partial charge in [0.15, 0.2) is 0 Å². The summed E-state index contributed by atoms with van der Waals surface area (Å²) in [7, 11) is 0. The van der Waals surface area contributed by atoms with Crippen LogP contribution in [0.25, 0.3) is 27.7 Å². The van der Waals surface area contributed by atoms with Crippen molar-refractivity contribution >= 4 is 28.3 Å². The van der Waals surface area contributed by atoms with Crippen molar-refractivity contribution in [3.63, 3.8) is 0 Å². The van der Waals surface area contributed by atoms with E-state index in [9.17, 15) is 14.3 Å². The number of aliphatic hydroxyl groups excluding tert-OH is 1. The van der Waals surface area contributed by atoms with Gasteiger partial charge in [0.05, 0.1) is 23.2 Å². The molecule has 32 heavy (non-hydrogen) atoms. The number of fused-ring (bicyclic) bond motifs is 3. The number of anilines is 1. The molecule has 0 unspecified atom stereocenters. The number of nitrogens with one attached hydrogen (secondary N) is 1. The van der Waals surface area contributed by atoms with Crippen LogP contribution in [-0.4, -0.2) is 36.5 Å². The minimum absolute atomic E-state index is 0.274. The van der Waals surface area contributed by atoms with Crippen molar-refractivity contribution < 1.29 is 14.3 Å². The molecule has 0 saturated heterocycles. The number of aromatic nitrogens is 4. The zero-order valence-corrected chi connectivity index (χ0v) is 17.9. The Bertz CT molecular complexity index is 1330. The van der Waals surface area contributed by atoms with Gasteiger partial charge in [0.25, 0.3) is 0 Å². The summed E-state index contributed by atoms with van der Waals surface area (Å²) in [6.07, 6.45) is 7.25. The van der Waals surface area contributed by atoms with Gasteiger partial charge in [0.2, 0.25) is 5.91 Å². The number of carbonyl (C=O) groups is 1. The van der Waals surface area contributed by atoms with Gasteiger partial charge in [0.1, 0.15) is 17.6 Å². The minimum Gasteiger partial charge on any atom is -0.387 e. The molecule has 8 heteroatoms. The van der Waals surface area contributed by atoms with Crippen LogP contribution in [0.15, 0.2) is 43.0 Å². The second-order valence-electron chi connectivity index (χ2n) is 8.38. The molecule has 0 radical (unpaired) electrons. The molecule has 4 aromatic rings. The highest BCUT2D eigenvalue weighted by molar-refractivity contribution is 5.97. The summed E-state index contributed by atoms with van der Waals surface area (Å²) in [6.45, 7) is 4.03. The van der Waals surface area contributed by atoms with Gasteiger partial charge in [-0.15, -0.1) is 0 Å². The van der Waals surface area contributed by atoms with E-state index in [0.29, 0.717) is 17.9 Å². The van der Waals surface area contributed by atoms with Crippen molar-refractivity contribution in [2.45, 2.75) is 45.4 Å². The van der Waals surface area contributed by atoms with E-state index in [-0.39, 0.29) is 12.3 Å². The van der Waals surface area contributed by atoms with Crippen LogP contribution in [0.4, 0.5) is 10.2 Å². The molecule has 164 valence electrons. The number of hydrogen-bond acceptors (Lipinski definition) is 5. The van der Waals surface area contributed by atoms with Gasteiger partial charge in [-0.1, -0.05) is 13.3 Å². The summed E-state index contributed by atoms with van der Waals surface area (Å²) in [6, 6.07) is 5.70. The Morgan fingerprint density at radius 3 is 2.78 bits per heavy atom.